The van der Waals surface area contributed by atoms with Crippen molar-refractivity contribution in [3.63, 3.8) is 0 Å². The monoisotopic (exact) mass is 188 g/mol. The third-order valence-electron chi connectivity index (χ3n) is 1.89. The third kappa shape index (κ3) is 3.05. The summed E-state index contributed by atoms with van der Waals surface area (Å²) in [5, 5.41) is 0.130. The summed E-state index contributed by atoms with van der Waals surface area (Å²) in [6.07, 6.45) is 4.36. The summed E-state index contributed by atoms with van der Waals surface area (Å²) in [4.78, 5) is 11.3. The van der Waals surface area contributed by atoms with E-state index >= 15 is 0 Å². The Kier molecular flexibility index (Phi) is 4.51. The van der Waals surface area contributed by atoms with Crippen LogP contribution in [0, 0.1) is 0 Å². The largest absolute Gasteiger partial charge is 0.465 e. The highest BCUT2D eigenvalue weighted by Crippen LogP contribution is 2.25. The first-order valence-corrected chi connectivity index (χ1v) is 5.67. The standard InChI is InChI=1S/C9H16O2S/c1-2-6-11-9(10)8-5-3-4-7-12-8/h8H,2-7H2,1H3. The summed E-state index contributed by atoms with van der Waals surface area (Å²) in [6.45, 7) is 2.59. The molecule has 0 bridgehead atoms. The zero-order valence-corrected chi connectivity index (χ0v) is 8.36. The minimum Gasteiger partial charge on any atom is -0.465 e. The molecule has 1 rings (SSSR count). The van der Waals surface area contributed by atoms with E-state index in [1.54, 1.807) is 11.8 Å². The zero-order chi connectivity index (χ0) is 8.81. The summed E-state index contributed by atoms with van der Waals surface area (Å²) in [6, 6.07) is 0. The van der Waals surface area contributed by atoms with E-state index in [9.17, 15) is 4.79 Å². The van der Waals surface area contributed by atoms with Gasteiger partial charge in [-0.3, -0.25) is 4.79 Å². The van der Waals surface area contributed by atoms with E-state index < -0.39 is 0 Å². The number of carbonyl (C=O) groups is 1. The molecule has 0 saturated carbocycles. The van der Waals surface area contributed by atoms with Gasteiger partial charge in [0.05, 0.1) is 6.61 Å². The first-order valence-electron chi connectivity index (χ1n) is 4.63. The molecule has 1 aliphatic heterocycles. The number of ether oxygens (including phenoxy) is 1. The van der Waals surface area contributed by atoms with Crippen molar-refractivity contribution >= 4 is 17.7 Å². The lowest BCUT2D eigenvalue weighted by Crippen LogP contribution is -2.23. The van der Waals surface area contributed by atoms with Gasteiger partial charge in [0.2, 0.25) is 0 Å². The van der Waals surface area contributed by atoms with Crippen LogP contribution in [0.3, 0.4) is 0 Å². The molecule has 70 valence electrons. The maximum atomic E-state index is 11.3. The van der Waals surface area contributed by atoms with Crippen LogP contribution >= 0.6 is 11.8 Å². The highest BCUT2D eigenvalue weighted by atomic mass is 32.2. The summed E-state index contributed by atoms with van der Waals surface area (Å²) in [5.41, 5.74) is 0. The van der Waals surface area contributed by atoms with Crippen molar-refractivity contribution in [2.75, 3.05) is 12.4 Å². The van der Waals surface area contributed by atoms with E-state index in [4.69, 9.17) is 4.74 Å². The van der Waals surface area contributed by atoms with Crippen LogP contribution < -0.4 is 0 Å². The molecule has 0 amide bonds. The van der Waals surface area contributed by atoms with E-state index in [1.807, 2.05) is 6.92 Å². The Bertz CT molecular complexity index is 141. The average molecular weight is 188 g/mol. The summed E-state index contributed by atoms with van der Waals surface area (Å²) in [7, 11) is 0. The molecule has 1 aliphatic rings. The smallest absolute Gasteiger partial charge is 0.319 e. The van der Waals surface area contributed by atoms with Crippen LogP contribution in [0.1, 0.15) is 32.6 Å². The number of rotatable bonds is 3. The highest BCUT2D eigenvalue weighted by molar-refractivity contribution is 8.00. The molecule has 2 nitrogen and oxygen atoms in total. The van der Waals surface area contributed by atoms with Crippen molar-refractivity contribution in [3.05, 3.63) is 0 Å². The maximum Gasteiger partial charge on any atom is 0.319 e. The van der Waals surface area contributed by atoms with Gasteiger partial charge in [-0.1, -0.05) is 13.3 Å². The van der Waals surface area contributed by atoms with Gasteiger partial charge >= 0.3 is 5.97 Å². The lowest BCUT2D eigenvalue weighted by molar-refractivity contribution is -0.143. The normalized spacial score (nSPS) is 23.6. The lowest BCUT2D eigenvalue weighted by Gasteiger charge is -2.19. The molecule has 3 heteroatoms. The van der Waals surface area contributed by atoms with Gasteiger partial charge in [-0.2, -0.15) is 0 Å². The van der Waals surface area contributed by atoms with E-state index in [2.05, 4.69) is 0 Å². The Balaban J connectivity index is 2.20. The Labute approximate surface area is 78.1 Å². The van der Waals surface area contributed by atoms with E-state index in [0.29, 0.717) is 6.61 Å². The SMILES string of the molecule is CCCOC(=O)C1CCCCS1. The molecule has 1 unspecified atom stereocenters. The number of esters is 1. The van der Waals surface area contributed by atoms with Crippen molar-refractivity contribution in [3.8, 4) is 0 Å². The van der Waals surface area contributed by atoms with Gasteiger partial charge in [0.25, 0.3) is 0 Å². The Morgan fingerprint density at radius 1 is 1.58 bits per heavy atom. The predicted octanol–water partition coefficient (Wildman–Crippen LogP) is 2.23. The molecular formula is C9H16O2S. The molecule has 1 saturated heterocycles. The molecule has 0 spiro atoms. The zero-order valence-electron chi connectivity index (χ0n) is 7.54. The van der Waals surface area contributed by atoms with Gasteiger partial charge < -0.3 is 4.74 Å². The number of hydrogen-bond donors (Lipinski definition) is 0. The summed E-state index contributed by atoms with van der Waals surface area (Å²) < 4.78 is 5.07. The van der Waals surface area contributed by atoms with Crippen molar-refractivity contribution < 1.29 is 9.53 Å². The molecule has 1 fully saturated rings. The van der Waals surface area contributed by atoms with E-state index in [-0.39, 0.29) is 11.2 Å². The highest BCUT2D eigenvalue weighted by Gasteiger charge is 2.22. The van der Waals surface area contributed by atoms with Crippen LogP contribution in [0.2, 0.25) is 0 Å². The summed E-state index contributed by atoms with van der Waals surface area (Å²) >= 11 is 1.75. The van der Waals surface area contributed by atoms with Crippen molar-refractivity contribution in [2.24, 2.45) is 0 Å². The first-order chi connectivity index (χ1) is 5.84. The molecule has 1 atom stereocenters. The Morgan fingerprint density at radius 2 is 2.42 bits per heavy atom. The van der Waals surface area contributed by atoms with E-state index in [0.717, 1.165) is 18.6 Å². The molecule has 1 heterocycles. The van der Waals surface area contributed by atoms with Gasteiger partial charge in [0, 0.05) is 0 Å². The second-order valence-corrected chi connectivity index (χ2v) is 4.33. The fraction of sp³-hybridized carbons (Fsp3) is 0.889. The topological polar surface area (TPSA) is 26.3 Å². The van der Waals surface area contributed by atoms with Gasteiger partial charge in [-0.05, 0) is 25.0 Å². The van der Waals surface area contributed by atoms with Gasteiger partial charge in [-0.15, -0.1) is 11.8 Å². The fourth-order valence-electron chi connectivity index (χ4n) is 1.22. The Hall–Kier alpha value is -0.180. The molecule has 0 aromatic carbocycles. The number of carbonyl (C=O) groups excluding carboxylic acids is 1. The van der Waals surface area contributed by atoms with Crippen LogP contribution in [0.5, 0.6) is 0 Å². The molecule has 0 radical (unpaired) electrons. The van der Waals surface area contributed by atoms with Crippen LogP contribution in [-0.2, 0) is 9.53 Å². The number of thioether (sulfide) groups is 1. The minimum absolute atomic E-state index is 0.00144. The second-order valence-electron chi connectivity index (χ2n) is 3.02. The van der Waals surface area contributed by atoms with Crippen molar-refractivity contribution in [2.45, 2.75) is 37.9 Å². The predicted molar refractivity (Wildman–Crippen MR) is 51.3 cm³/mol. The van der Waals surface area contributed by atoms with Gasteiger partial charge in [0.15, 0.2) is 0 Å². The van der Waals surface area contributed by atoms with Crippen molar-refractivity contribution in [1.82, 2.24) is 0 Å². The minimum atomic E-state index is 0.00144. The van der Waals surface area contributed by atoms with Crippen LogP contribution in [0.25, 0.3) is 0 Å². The van der Waals surface area contributed by atoms with Crippen LogP contribution in [0.15, 0.2) is 0 Å². The molecular weight excluding hydrogens is 172 g/mol. The maximum absolute atomic E-state index is 11.3. The molecule has 0 aromatic heterocycles. The van der Waals surface area contributed by atoms with Crippen molar-refractivity contribution in [1.29, 1.82) is 0 Å². The molecule has 12 heavy (non-hydrogen) atoms. The molecule has 0 N–H and O–H groups in total. The van der Waals surface area contributed by atoms with E-state index in [1.165, 1.54) is 12.8 Å². The lowest BCUT2D eigenvalue weighted by atomic mass is 10.2. The van der Waals surface area contributed by atoms with Crippen LogP contribution in [0.4, 0.5) is 0 Å². The Morgan fingerprint density at radius 3 is 3.00 bits per heavy atom. The first kappa shape index (κ1) is 9.90. The van der Waals surface area contributed by atoms with Gasteiger partial charge in [-0.25, -0.2) is 0 Å². The summed E-state index contributed by atoms with van der Waals surface area (Å²) in [5.74, 6) is 1.12. The number of hydrogen-bond acceptors (Lipinski definition) is 3. The fourth-order valence-corrected chi connectivity index (χ4v) is 2.41. The van der Waals surface area contributed by atoms with Crippen LogP contribution in [-0.4, -0.2) is 23.6 Å². The third-order valence-corrected chi connectivity index (χ3v) is 3.25. The van der Waals surface area contributed by atoms with Gasteiger partial charge in [0.1, 0.15) is 5.25 Å². The average Bonchev–Trinajstić information content (AvgIpc) is 2.15. The molecule has 0 aromatic rings. The second kappa shape index (κ2) is 5.46. The molecule has 0 aliphatic carbocycles. The quantitative estimate of drug-likeness (QED) is 0.635.